The molecule has 5 heteroatoms. The van der Waals surface area contributed by atoms with Gasteiger partial charge in [-0.3, -0.25) is 4.79 Å². The topological polar surface area (TPSA) is 63.2 Å². The van der Waals surface area contributed by atoms with Crippen LogP contribution in [0.2, 0.25) is 0 Å². The van der Waals surface area contributed by atoms with E-state index < -0.39 is 15.1 Å². The molecule has 1 rings (SSSR count). The van der Waals surface area contributed by atoms with Crippen LogP contribution in [0.15, 0.2) is 12.2 Å². The van der Waals surface area contributed by atoms with Crippen molar-refractivity contribution in [1.29, 1.82) is 0 Å². The van der Waals surface area contributed by atoms with Crippen LogP contribution < -0.4 is 5.32 Å². The molecular formula is C12H21NO3S. The molecule has 1 unspecified atom stereocenters. The standard InChI is InChI=1S/C12H21NO3S/c1-3-4-9-17(15,16)10(2)12(14)13-11-7-5-6-8-11/h3-4,10-11H,5-9H2,1-2H3,(H,13,14). The minimum atomic E-state index is -3.36. The Morgan fingerprint density at radius 3 is 2.53 bits per heavy atom. The average molecular weight is 259 g/mol. The number of sulfone groups is 1. The van der Waals surface area contributed by atoms with Crippen molar-refractivity contribution >= 4 is 15.7 Å². The first-order chi connectivity index (χ1) is 7.97. The van der Waals surface area contributed by atoms with Crippen LogP contribution in [0, 0.1) is 0 Å². The van der Waals surface area contributed by atoms with Gasteiger partial charge in [-0.2, -0.15) is 0 Å². The van der Waals surface area contributed by atoms with E-state index in [0.717, 1.165) is 25.7 Å². The number of nitrogens with one attached hydrogen (secondary N) is 1. The van der Waals surface area contributed by atoms with Gasteiger partial charge in [0.2, 0.25) is 5.91 Å². The van der Waals surface area contributed by atoms with Crippen LogP contribution in [-0.2, 0) is 14.6 Å². The predicted octanol–water partition coefficient (Wildman–Crippen LogP) is 1.42. The zero-order valence-corrected chi connectivity index (χ0v) is 11.3. The molecule has 1 N–H and O–H groups in total. The molecule has 1 aliphatic rings. The number of allylic oxidation sites excluding steroid dienone is 1. The monoisotopic (exact) mass is 259 g/mol. The Bertz CT molecular complexity index is 381. The number of amides is 1. The van der Waals surface area contributed by atoms with Gasteiger partial charge in [0.05, 0.1) is 5.75 Å². The lowest BCUT2D eigenvalue weighted by molar-refractivity contribution is -0.121. The quantitative estimate of drug-likeness (QED) is 0.760. The van der Waals surface area contributed by atoms with Crippen LogP contribution in [0.4, 0.5) is 0 Å². The van der Waals surface area contributed by atoms with Crippen molar-refractivity contribution in [3.8, 4) is 0 Å². The Kier molecular flexibility index (Phi) is 5.18. The molecule has 0 aromatic rings. The second-order valence-electron chi connectivity index (χ2n) is 4.53. The third-order valence-electron chi connectivity index (χ3n) is 3.17. The highest BCUT2D eigenvalue weighted by atomic mass is 32.2. The Morgan fingerprint density at radius 2 is 2.00 bits per heavy atom. The van der Waals surface area contributed by atoms with Gasteiger partial charge in [-0.25, -0.2) is 8.42 Å². The summed E-state index contributed by atoms with van der Waals surface area (Å²) in [7, 11) is -3.36. The smallest absolute Gasteiger partial charge is 0.238 e. The van der Waals surface area contributed by atoms with Crippen LogP contribution in [0.25, 0.3) is 0 Å². The fourth-order valence-electron chi connectivity index (χ4n) is 1.93. The molecule has 1 aliphatic carbocycles. The molecule has 0 saturated heterocycles. The van der Waals surface area contributed by atoms with E-state index >= 15 is 0 Å². The average Bonchev–Trinajstić information content (AvgIpc) is 2.78. The fraction of sp³-hybridized carbons (Fsp3) is 0.750. The van der Waals surface area contributed by atoms with E-state index in [0.29, 0.717) is 0 Å². The summed E-state index contributed by atoms with van der Waals surface area (Å²) in [6.07, 6.45) is 7.41. The van der Waals surface area contributed by atoms with Gasteiger partial charge < -0.3 is 5.32 Å². The summed E-state index contributed by atoms with van der Waals surface area (Å²) >= 11 is 0. The molecule has 1 atom stereocenters. The minimum Gasteiger partial charge on any atom is -0.352 e. The maximum absolute atomic E-state index is 11.8. The first-order valence-corrected chi connectivity index (χ1v) is 7.82. The third kappa shape index (κ3) is 4.15. The van der Waals surface area contributed by atoms with E-state index in [2.05, 4.69) is 5.32 Å². The van der Waals surface area contributed by atoms with Gasteiger partial charge in [0.25, 0.3) is 0 Å². The van der Waals surface area contributed by atoms with Crippen LogP contribution in [0.1, 0.15) is 39.5 Å². The Labute approximate surface area is 103 Å². The number of carbonyl (C=O) groups is 1. The summed E-state index contributed by atoms with van der Waals surface area (Å²) in [6.45, 7) is 3.22. The molecule has 0 spiro atoms. The lowest BCUT2D eigenvalue weighted by Gasteiger charge is -2.16. The molecule has 1 saturated carbocycles. The van der Waals surface area contributed by atoms with Crippen molar-refractivity contribution in [2.24, 2.45) is 0 Å². The van der Waals surface area contributed by atoms with Gasteiger partial charge in [0.15, 0.2) is 9.84 Å². The molecule has 0 heterocycles. The molecule has 0 aromatic carbocycles. The van der Waals surface area contributed by atoms with Crippen molar-refractivity contribution in [3.63, 3.8) is 0 Å². The maximum Gasteiger partial charge on any atom is 0.238 e. The van der Waals surface area contributed by atoms with Crippen molar-refractivity contribution in [2.45, 2.75) is 50.8 Å². The van der Waals surface area contributed by atoms with Crippen LogP contribution in [0.3, 0.4) is 0 Å². The zero-order valence-electron chi connectivity index (χ0n) is 10.5. The first-order valence-electron chi connectivity index (χ1n) is 6.10. The summed E-state index contributed by atoms with van der Waals surface area (Å²) in [5, 5.41) is 1.86. The number of hydrogen-bond donors (Lipinski definition) is 1. The van der Waals surface area contributed by atoms with Gasteiger partial charge in [0.1, 0.15) is 5.25 Å². The second-order valence-corrected chi connectivity index (χ2v) is 6.90. The van der Waals surface area contributed by atoms with E-state index in [-0.39, 0.29) is 17.7 Å². The molecule has 1 fully saturated rings. The highest BCUT2D eigenvalue weighted by molar-refractivity contribution is 7.92. The predicted molar refractivity (Wildman–Crippen MR) is 68.5 cm³/mol. The van der Waals surface area contributed by atoms with E-state index in [9.17, 15) is 13.2 Å². The molecule has 98 valence electrons. The van der Waals surface area contributed by atoms with E-state index in [1.165, 1.54) is 6.92 Å². The Hall–Kier alpha value is -0.840. The van der Waals surface area contributed by atoms with E-state index in [1.807, 2.05) is 0 Å². The third-order valence-corrected chi connectivity index (χ3v) is 5.12. The zero-order chi connectivity index (χ0) is 12.9. The molecule has 4 nitrogen and oxygen atoms in total. The molecule has 1 amide bonds. The van der Waals surface area contributed by atoms with Crippen molar-refractivity contribution in [3.05, 3.63) is 12.2 Å². The summed E-state index contributed by atoms with van der Waals surface area (Å²) in [5.74, 6) is -0.427. The number of rotatable bonds is 5. The molecular weight excluding hydrogens is 238 g/mol. The van der Waals surface area contributed by atoms with E-state index in [1.54, 1.807) is 19.1 Å². The molecule has 17 heavy (non-hydrogen) atoms. The van der Waals surface area contributed by atoms with Crippen molar-refractivity contribution in [2.75, 3.05) is 5.75 Å². The molecule has 0 bridgehead atoms. The van der Waals surface area contributed by atoms with Gasteiger partial charge in [-0.1, -0.05) is 25.0 Å². The first kappa shape index (κ1) is 14.2. The summed E-state index contributed by atoms with van der Waals surface area (Å²) < 4.78 is 23.6. The number of hydrogen-bond acceptors (Lipinski definition) is 3. The molecule has 0 aromatic heterocycles. The summed E-state index contributed by atoms with van der Waals surface area (Å²) in [4.78, 5) is 11.8. The molecule has 0 radical (unpaired) electrons. The van der Waals surface area contributed by atoms with Gasteiger partial charge in [-0.05, 0) is 26.7 Å². The van der Waals surface area contributed by atoms with Crippen LogP contribution >= 0.6 is 0 Å². The van der Waals surface area contributed by atoms with E-state index in [4.69, 9.17) is 0 Å². The molecule has 0 aliphatic heterocycles. The minimum absolute atomic E-state index is 0.0667. The van der Waals surface area contributed by atoms with Crippen molar-refractivity contribution < 1.29 is 13.2 Å². The van der Waals surface area contributed by atoms with Gasteiger partial charge in [-0.15, -0.1) is 0 Å². The van der Waals surface area contributed by atoms with Gasteiger partial charge >= 0.3 is 0 Å². The largest absolute Gasteiger partial charge is 0.352 e. The summed E-state index contributed by atoms with van der Waals surface area (Å²) in [6, 6.07) is 0.168. The highest BCUT2D eigenvalue weighted by Crippen LogP contribution is 2.18. The Balaban J connectivity index is 2.55. The number of carbonyl (C=O) groups excluding carboxylic acids is 1. The van der Waals surface area contributed by atoms with Gasteiger partial charge in [0, 0.05) is 6.04 Å². The van der Waals surface area contributed by atoms with Crippen LogP contribution in [0.5, 0.6) is 0 Å². The highest BCUT2D eigenvalue weighted by Gasteiger charge is 2.28. The summed E-state index contributed by atoms with van der Waals surface area (Å²) in [5.41, 5.74) is 0. The Morgan fingerprint density at radius 1 is 1.41 bits per heavy atom. The lowest BCUT2D eigenvalue weighted by Crippen LogP contribution is -2.42. The lowest BCUT2D eigenvalue weighted by atomic mass is 10.2. The van der Waals surface area contributed by atoms with Crippen molar-refractivity contribution in [1.82, 2.24) is 5.32 Å². The fourth-order valence-corrected chi connectivity index (χ4v) is 3.07. The van der Waals surface area contributed by atoms with Crippen LogP contribution in [-0.4, -0.2) is 31.4 Å². The SMILES string of the molecule is CC=CCS(=O)(=O)C(C)C(=O)NC1CCCC1. The second kappa shape index (κ2) is 6.19. The maximum atomic E-state index is 11.8. The normalized spacial score (nSPS) is 19.6.